The average molecular weight is 293 g/mol. The van der Waals surface area contributed by atoms with Gasteiger partial charge in [-0.3, -0.25) is 0 Å². The number of hydrogen-bond acceptors (Lipinski definition) is 5. The fraction of sp³-hybridized carbons (Fsp3) is 0.533. The van der Waals surface area contributed by atoms with Crippen LogP contribution < -0.4 is 15.8 Å². The summed E-state index contributed by atoms with van der Waals surface area (Å²) in [6.45, 7) is 2.58. The van der Waals surface area contributed by atoms with Crippen molar-refractivity contribution in [3.63, 3.8) is 0 Å². The Hall–Kier alpha value is -1.79. The first-order valence-corrected chi connectivity index (χ1v) is 7.21. The van der Waals surface area contributed by atoms with Gasteiger partial charge in [0.25, 0.3) is 0 Å². The normalized spacial score (nSPS) is 18.9. The zero-order valence-electron chi connectivity index (χ0n) is 12.3. The van der Waals surface area contributed by atoms with Gasteiger partial charge >= 0.3 is 0 Å². The smallest absolute Gasteiger partial charge is 0.173 e. The molecule has 2 rings (SSSR count). The Balaban J connectivity index is 1.85. The molecule has 1 fully saturated rings. The molecule has 4 N–H and O–H groups in total. The van der Waals surface area contributed by atoms with Crippen LogP contribution in [0.4, 0.5) is 0 Å². The molecule has 1 aliphatic heterocycles. The molecule has 0 bridgehead atoms. The molecule has 6 heteroatoms. The van der Waals surface area contributed by atoms with E-state index in [9.17, 15) is 0 Å². The van der Waals surface area contributed by atoms with E-state index in [2.05, 4.69) is 10.5 Å². The van der Waals surface area contributed by atoms with Gasteiger partial charge in [0, 0.05) is 13.2 Å². The van der Waals surface area contributed by atoms with E-state index in [0.717, 1.165) is 31.7 Å². The quantitative estimate of drug-likeness (QED) is 0.233. The number of methoxy groups -OCH3 is 1. The Morgan fingerprint density at radius 2 is 2.43 bits per heavy atom. The second-order valence-electron chi connectivity index (χ2n) is 5.12. The van der Waals surface area contributed by atoms with Crippen LogP contribution in [0.25, 0.3) is 0 Å². The predicted octanol–water partition coefficient (Wildman–Crippen LogP) is 1.45. The summed E-state index contributed by atoms with van der Waals surface area (Å²) in [4.78, 5) is 0. The number of hydrogen-bond donors (Lipinski definition) is 3. The van der Waals surface area contributed by atoms with Crippen molar-refractivity contribution >= 4 is 5.84 Å². The summed E-state index contributed by atoms with van der Waals surface area (Å²) in [5.41, 5.74) is 7.28. The lowest BCUT2D eigenvalue weighted by Gasteiger charge is -2.12. The third-order valence-electron chi connectivity index (χ3n) is 3.65. The zero-order valence-corrected chi connectivity index (χ0v) is 12.3. The van der Waals surface area contributed by atoms with Gasteiger partial charge < -0.3 is 25.7 Å². The Morgan fingerprint density at radius 1 is 1.57 bits per heavy atom. The van der Waals surface area contributed by atoms with Crippen LogP contribution in [0.2, 0.25) is 0 Å². The largest absolute Gasteiger partial charge is 0.496 e. The summed E-state index contributed by atoms with van der Waals surface area (Å²) >= 11 is 0. The van der Waals surface area contributed by atoms with Crippen molar-refractivity contribution in [3.05, 3.63) is 29.3 Å². The maximum Gasteiger partial charge on any atom is 0.173 e. The molecule has 1 aromatic rings. The van der Waals surface area contributed by atoms with Crippen molar-refractivity contribution in [3.8, 4) is 5.75 Å². The minimum Gasteiger partial charge on any atom is -0.496 e. The van der Waals surface area contributed by atoms with Gasteiger partial charge in [-0.25, -0.2) is 0 Å². The Labute approximate surface area is 124 Å². The summed E-state index contributed by atoms with van der Waals surface area (Å²) in [5.74, 6) is 0.647. The summed E-state index contributed by atoms with van der Waals surface area (Å²) in [6, 6.07) is 5.63. The van der Waals surface area contributed by atoms with Gasteiger partial charge in [0.15, 0.2) is 5.84 Å². The molecule has 0 radical (unpaired) electrons. The molecule has 1 saturated heterocycles. The van der Waals surface area contributed by atoms with Gasteiger partial charge in [0.05, 0.1) is 18.8 Å². The molecule has 0 spiro atoms. The number of nitrogens with two attached hydrogens (primary N) is 1. The average Bonchev–Trinajstić information content (AvgIpc) is 3.04. The minimum atomic E-state index is 0.0461. The molecule has 1 aromatic carbocycles. The highest BCUT2D eigenvalue weighted by molar-refractivity contribution is 5.99. The van der Waals surface area contributed by atoms with Gasteiger partial charge in [-0.2, -0.15) is 0 Å². The van der Waals surface area contributed by atoms with Crippen LogP contribution in [0.3, 0.4) is 0 Å². The molecule has 21 heavy (non-hydrogen) atoms. The molecular weight excluding hydrogens is 270 g/mol. The molecular formula is C15H23N3O3. The number of benzene rings is 1. The summed E-state index contributed by atoms with van der Waals surface area (Å²) < 4.78 is 10.9. The van der Waals surface area contributed by atoms with Crippen LogP contribution in [0.5, 0.6) is 5.75 Å². The highest BCUT2D eigenvalue weighted by Crippen LogP contribution is 2.20. The van der Waals surface area contributed by atoms with Crippen molar-refractivity contribution in [1.29, 1.82) is 0 Å². The highest BCUT2D eigenvalue weighted by Gasteiger charge is 2.14. The zero-order chi connectivity index (χ0) is 15.1. The number of amidine groups is 1. The molecule has 0 amide bonds. The minimum absolute atomic E-state index is 0.0461. The fourth-order valence-corrected chi connectivity index (χ4v) is 2.48. The third-order valence-corrected chi connectivity index (χ3v) is 3.65. The molecule has 6 nitrogen and oxygen atoms in total. The lowest BCUT2D eigenvalue weighted by Crippen LogP contribution is -2.20. The van der Waals surface area contributed by atoms with Crippen molar-refractivity contribution in [2.24, 2.45) is 10.9 Å². The SMILES string of the molecule is COc1cc(CNCCC2CCCO2)ccc1/C(N)=N/O. The van der Waals surface area contributed by atoms with Crippen molar-refractivity contribution in [1.82, 2.24) is 5.32 Å². The predicted molar refractivity (Wildman–Crippen MR) is 80.8 cm³/mol. The van der Waals surface area contributed by atoms with Crippen molar-refractivity contribution < 1.29 is 14.7 Å². The first kappa shape index (κ1) is 15.6. The van der Waals surface area contributed by atoms with Crippen molar-refractivity contribution in [2.75, 3.05) is 20.3 Å². The number of oxime groups is 1. The molecule has 116 valence electrons. The lowest BCUT2D eigenvalue weighted by atomic mass is 10.1. The monoisotopic (exact) mass is 293 g/mol. The molecule has 1 unspecified atom stereocenters. The number of nitrogens with one attached hydrogen (secondary N) is 1. The molecule has 0 aliphatic carbocycles. The van der Waals surface area contributed by atoms with Crippen LogP contribution in [0.1, 0.15) is 30.4 Å². The van der Waals surface area contributed by atoms with Gasteiger partial charge in [-0.05, 0) is 43.5 Å². The Kier molecular flexibility index (Phi) is 5.83. The van der Waals surface area contributed by atoms with Crippen LogP contribution in [-0.2, 0) is 11.3 Å². The van der Waals surface area contributed by atoms with Crippen molar-refractivity contribution in [2.45, 2.75) is 31.9 Å². The number of rotatable bonds is 7. The van der Waals surface area contributed by atoms with E-state index in [-0.39, 0.29) is 5.84 Å². The lowest BCUT2D eigenvalue weighted by molar-refractivity contribution is 0.104. The van der Waals surface area contributed by atoms with E-state index in [1.54, 1.807) is 13.2 Å². The van der Waals surface area contributed by atoms with Gasteiger partial charge in [0.1, 0.15) is 5.75 Å². The number of nitrogens with zero attached hydrogens (tertiary/aromatic N) is 1. The second kappa shape index (κ2) is 7.85. The van der Waals surface area contributed by atoms with E-state index in [0.29, 0.717) is 17.4 Å². The molecule has 0 saturated carbocycles. The summed E-state index contributed by atoms with van der Waals surface area (Å²) in [5, 5.41) is 15.1. The number of ether oxygens (including phenoxy) is 2. The van der Waals surface area contributed by atoms with Gasteiger partial charge in [-0.1, -0.05) is 11.2 Å². The van der Waals surface area contributed by atoms with Crippen LogP contribution in [-0.4, -0.2) is 37.4 Å². The molecule has 1 heterocycles. The van der Waals surface area contributed by atoms with Gasteiger partial charge in [0.2, 0.25) is 0 Å². The first-order valence-electron chi connectivity index (χ1n) is 7.21. The summed E-state index contributed by atoms with van der Waals surface area (Å²) in [7, 11) is 1.57. The van der Waals surface area contributed by atoms with Crippen LogP contribution in [0, 0.1) is 0 Å². The van der Waals surface area contributed by atoms with Crippen LogP contribution >= 0.6 is 0 Å². The van der Waals surface area contributed by atoms with Crippen LogP contribution in [0.15, 0.2) is 23.4 Å². The fourth-order valence-electron chi connectivity index (χ4n) is 2.48. The first-order chi connectivity index (χ1) is 10.2. The maximum atomic E-state index is 8.74. The summed E-state index contributed by atoms with van der Waals surface area (Å²) in [6.07, 6.45) is 3.80. The van der Waals surface area contributed by atoms with E-state index >= 15 is 0 Å². The van der Waals surface area contributed by atoms with E-state index in [1.165, 1.54) is 12.8 Å². The van der Waals surface area contributed by atoms with Gasteiger partial charge in [-0.15, -0.1) is 0 Å². The topological polar surface area (TPSA) is 89.1 Å². The molecule has 1 aliphatic rings. The molecule has 0 aromatic heterocycles. The van der Waals surface area contributed by atoms with E-state index in [1.807, 2.05) is 12.1 Å². The second-order valence-corrected chi connectivity index (χ2v) is 5.12. The highest BCUT2D eigenvalue weighted by atomic mass is 16.5. The van der Waals surface area contributed by atoms with E-state index in [4.69, 9.17) is 20.4 Å². The Bertz CT molecular complexity index is 485. The Morgan fingerprint density at radius 3 is 3.10 bits per heavy atom. The maximum absolute atomic E-state index is 8.74. The standard InChI is InChI=1S/C15H23N3O3/c1-20-14-9-11(4-5-13(14)15(16)18-19)10-17-7-6-12-3-2-8-21-12/h4-5,9,12,17,19H,2-3,6-8,10H2,1H3,(H2,16,18). The van der Waals surface area contributed by atoms with E-state index < -0.39 is 0 Å². The third kappa shape index (κ3) is 4.34. The molecule has 1 atom stereocenters.